The van der Waals surface area contributed by atoms with Gasteiger partial charge in [-0.25, -0.2) is 0 Å². The minimum absolute atomic E-state index is 0.0704. The Bertz CT molecular complexity index is 156. The van der Waals surface area contributed by atoms with Crippen molar-refractivity contribution in [2.24, 2.45) is 11.8 Å². The smallest absolute Gasteiger partial charge is 0.0695 e. The van der Waals surface area contributed by atoms with Crippen LogP contribution in [0.25, 0.3) is 0 Å². The maximum atomic E-state index is 9.83. The molecule has 1 rings (SSSR count). The molecular weight excluding hydrogens is 174 g/mol. The highest BCUT2D eigenvalue weighted by atomic mass is 16.3. The lowest BCUT2D eigenvalue weighted by molar-refractivity contribution is 0.0904. The van der Waals surface area contributed by atoms with Crippen molar-refractivity contribution in [3.05, 3.63) is 0 Å². The summed E-state index contributed by atoms with van der Waals surface area (Å²) in [6.07, 6.45) is 3.64. The second-order valence-corrected chi connectivity index (χ2v) is 4.77. The third-order valence-corrected chi connectivity index (χ3v) is 3.33. The molecule has 0 heterocycles. The van der Waals surface area contributed by atoms with Gasteiger partial charge in [0.1, 0.15) is 0 Å². The van der Waals surface area contributed by atoms with E-state index in [1.807, 2.05) is 0 Å². The van der Waals surface area contributed by atoms with Crippen LogP contribution in [-0.4, -0.2) is 35.7 Å². The molecule has 14 heavy (non-hydrogen) atoms. The van der Waals surface area contributed by atoms with Gasteiger partial charge in [-0.2, -0.15) is 0 Å². The van der Waals surface area contributed by atoms with E-state index in [-0.39, 0.29) is 6.10 Å². The largest absolute Gasteiger partial charge is 0.392 e. The highest BCUT2D eigenvalue weighted by Gasteiger charge is 2.30. The van der Waals surface area contributed by atoms with E-state index in [0.29, 0.717) is 5.92 Å². The van der Waals surface area contributed by atoms with Crippen molar-refractivity contribution in [2.75, 3.05) is 19.6 Å². The predicted molar refractivity (Wildman–Crippen MR) is 60.3 cm³/mol. The molecule has 0 aromatic carbocycles. The molecule has 0 amide bonds. The fourth-order valence-electron chi connectivity index (χ4n) is 1.80. The van der Waals surface area contributed by atoms with Crippen LogP contribution in [0.1, 0.15) is 40.0 Å². The number of likely N-dealkylation sites (N-methyl/N-ethyl adjacent to an activating group) is 1. The molecule has 84 valence electrons. The summed E-state index contributed by atoms with van der Waals surface area (Å²) >= 11 is 0. The van der Waals surface area contributed by atoms with E-state index in [1.54, 1.807) is 0 Å². The zero-order chi connectivity index (χ0) is 10.6. The molecule has 0 radical (unpaired) electrons. The number of nitrogens with zero attached hydrogens (tertiary/aromatic N) is 1. The fraction of sp³-hybridized carbons (Fsp3) is 1.00. The SMILES string of the molecule is CCC(C)CN(CC)CC(O)C1CC1. The summed E-state index contributed by atoms with van der Waals surface area (Å²) in [7, 11) is 0. The Labute approximate surface area is 88.3 Å². The first-order chi connectivity index (χ1) is 6.67. The van der Waals surface area contributed by atoms with Crippen molar-refractivity contribution in [3.63, 3.8) is 0 Å². The van der Waals surface area contributed by atoms with Crippen molar-refractivity contribution < 1.29 is 5.11 Å². The first kappa shape index (κ1) is 12.0. The van der Waals surface area contributed by atoms with Gasteiger partial charge >= 0.3 is 0 Å². The van der Waals surface area contributed by atoms with Crippen molar-refractivity contribution in [1.82, 2.24) is 4.90 Å². The highest BCUT2D eigenvalue weighted by Crippen LogP contribution is 2.32. The van der Waals surface area contributed by atoms with Crippen LogP contribution in [0.2, 0.25) is 0 Å². The highest BCUT2D eigenvalue weighted by molar-refractivity contribution is 4.83. The van der Waals surface area contributed by atoms with Crippen LogP contribution in [0.3, 0.4) is 0 Å². The van der Waals surface area contributed by atoms with Gasteiger partial charge in [0.25, 0.3) is 0 Å². The Hall–Kier alpha value is -0.0800. The van der Waals surface area contributed by atoms with Gasteiger partial charge in [-0.15, -0.1) is 0 Å². The monoisotopic (exact) mass is 199 g/mol. The van der Waals surface area contributed by atoms with Crippen molar-refractivity contribution >= 4 is 0 Å². The number of aliphatic hydroxyl groups excluding tert-OH is 1. The van der Waals surface area contributed by atoms with Crippen LogP contribution in [0.5, 0.6) is 0 Å². The number of aliphatic hydroxyl groups is 1. The summed E-state index contributed by atoms with van der Waals surface area (Å²) in [5, 5.41) is 9.83. The molecule has 2 nitrogen and oxygen atoms in total. The maximum Gasteiger partial charge on any atom is 0.0695 e. The molecule has 2 heteroatoms. The Morgan fingerprint density at radius 1 is 1.29 bits per heavy atom. The van der Waals surface area contributed by atoms with Gasteiger partial charge in [0.15, 0.2) is 0 Å². The first-order valence-corrected chi connectivity index (χ1v) is 6.07. The van der Waals surface area contributed by atoms with Gasteiger partial charge in [-0.3, -0.25) is 0 Å². The average molecular weight is 199 g/mol. The van der Waals surface area contributed by atoms with Crippen LogP contribution < -0.4 is 0 Å². The van der Waals surface area contributed by atoms with E-state index in [2.05, 4.69) is 25.7 Å². The molecule has 1 aliphatic carbocycles. The summed E-state index contributed by atoms with van der Waals surface area (Å²) in [6, 6.07) is 0. The minimum atomic E-state index is -0.0704. The third-order valence-electron chi connectivity index (χ3n) is 3.33. The molecule has 2 atom stereocenters. The summed E-state index contributed by atoms with van der Waals surface area (Å²) in [4.78, 5) is 2.39. The quantitative estimate of drug-likeness (QED) is 0.679. The van der Waals surface area contributed by atoms with Gasteiger partial charge in [-0.05, 0) is 31.2 Å². The van der Waals surface area contributed by atoms with Crippen molar-refractivity contribution in [3.8, 4) is 0 Å². The molecule has 1 N–H and O–H groups in total. The standard InChI is InChI=1S/C12H25NO/c1-4-10(3)8-13(5-2)9-12(14)11-6-7-11/h10-12,14H,4-9H2,1-3H3. The van der Waals surface area contributed by atoms with Gasteiger partial charge < -0.3 is 10.0 Å². The van der Waals surface area contributed by atoms with Crippen molar-refractivity contribution in [1.29, 1.82) is 0 Å². The molecule has 0 aliphatic heterocycles. The number of hydrogen-bond acceptors (Lipinski definition) is 2. The molecule has 0 aromatic heterocycles. The number of hydrogen-bond donors (Lipinski definition) is 1. The molecular formula is C12H25NO. The van der Waals surface area contributed by atoms with E-state index >= 15 is 0 Å². The average Bonchev–Trinajstić information content (AvgIpc) is 2.99. The predicted octanol–water partition coefficient (Wildman–Crippen LogP) is 2.13. The molecule has 1 fully saturated rings. The topological polar surface area (TPSA) is 23.5 Å². The normalized spacial score (nSPS) is 21.2. The van der Waals surface area contributed by atoms with Gasteiger partial charge in [0.2, 0.25) is 0 Å². The van der Waals surface area contributed by atoms with Crippen LogP contribution >= 0.6 is 0 Å². The van der Waals surface area contributed by atoms with E-state index < -0.39 is 0 Å². The lowest BCUT2D eigenvalue weighted by atomic mass is 10.1. The number of rotatable bonds is 7. The van der Waals surface area contributed by atoms with E-state index in [0.717, 1.165) is 25.6 Å². The Morgan fingerprint density at radius 2 is 1.93 bits per heavy atom. The molecule has 0 aromatic rings. The van der Waals surface area contributed by atoms with E-state index in [1.165, 1.54) is 19.3 Å². The van der Waals surface area contributed by atoms with Crippen LogP contribution in [0, 0.1) is 11.8 Å². The fourth-order valence-corrected chi connectivity index (χ4v) is 1.80. The molecule has 2 unspecified atom stereocenters. The van der Waals surface area contributed by atoms with Gasteiger partial charge in [0, 0.05) is 13.1 Å². The van der Waals surface area contributed by atoms with Crippen LogP contribution in [-0.2, 0) is 0 Å². The summed E-state index contributed by atoms with van der Waals surface area (Å²) in [5.74, 6) is 1.36. The van der Waals surface area contributed by atoms with Gasteiger partial charge in [0.05, 0.1) is 6.10 Å². The van der Waals surface area contributed by atoms with E-state index in [4.69, 9.17) is 0 Å². The molecule has 0 saturated heterocycles. The summed E-state index contributed by atoms with van der Waals surface area (Å²) in [6.45, 7) is 9.78. The summed E-state index contributed by atoms with van der Waals surface area (Å²) < 4.78 is 0. The Kier molecular flexibility index (Phi) is 4.90. The third kappa shape index (κ3) is 3.97. The molecule has 1 saturated carbocycles. The van der Waals surface area contributed by atoms with Crippen molar-refractivity contribution in [2.45, 2.75) is 46.1 Å². The summed E-state index contributed by atoms with van der Waals surface area (Å²) in [5.41, 5.74) is 0. The Balaban J connectivity index is 2.22. The van der Waals surface area contributed by atoms with Crippen LogP contribution in [0.15, 0.2) is 0 Å². The molecule has 1 aliphatic rings. The minimum Gasteiger partial charge on any atom is -0.392 e. The van der Waals surface area contributed by atoms with Crippen LogP contribution in [0.4, 0.5) is 0 Å². The lowest BCUT2D eigenvalue weighted by Gasteiger charge is -2.26. The van der Waals surface area contributed by atoms with E-state index in [9.17, 15) is 5.11 Å². The molecule has 0 bridgehead atoms. The second-order valence-electron chi connectivity index (χ2n) is 4.77. The second kappa shape index (κ2) is 5.72. The zero-order valence-electron chi connectivity index (χ0n) is 9.87. The maximum absolute atomic E-state index is 9.83. The Morgan fingerprint density at radius 3 is 2.36 bits per heavy atom. The molecule has 0 spiro atoms. The zero-order valence-corrected chi connectivity index (χ0v) is 9.87. The van der Waals surface area contributed by atoms with Gasteiger partial charge in [-0.1, -0.05) is 27.2 Å². The lowest BCUT2D eigenvalue weighted by Crippen LogP contribution is -2.36. The first-order valence-electron chi connectivity index (χ1n) is 6.07.